The van der Waals surface area contributed by atoms with Crippen molar-refractivity contribution >= 4 is 18.3 Å². The van der Waals surface area contributed by atoms with Crippen molar-refractivity contribution in [2.24, 2.45) is 5.73 Å². The molecule has 2 aromatic rings. The van der Waals surface area contributed by atoms with E-state index < -0.39 is 0 Å². The highest BCUT2D eigenvalue weighted by Gasteiger charge is 2.32. The summed E-state index contributed by atoms with van der Waals surface area (Å²) in [6.45, 7) is 0.572. The molecule has 1 fully saturated rings. The number of hydrogen-bond acceptors (Lipinski definition) is 2. The third kappa shape index (κ3) is 3.49. The maximum Gasteiger partial charge on any atom is 0.223 e. The van der Waals surface area contributed by atoms with Gasteiger partial charge in [0.2, 0.25) is 5.91 Å². The molecule has 1 aliphatic rings. The molecule has 2 N–H and O–H groups in total. The highest BCUT2D eigenvalue weighted by Crippen LogP contribution is 2.33. The molecule has 0 spiro atoms. The molecule has 4 heteroatoms. The van der Waals surface area contributed by atoms with E-state index in [1.807, 2.05) is 53.4 Å². The molecule has 116 valence electrons. The number of likely N-dealkylation sites (tertiary alicyclic amines) is 1. The summed E-state index contributed by atoms with van der Waals surface area (Å²) in [7, 11) is 0. The first-order valence-corrected chi connectivity index (χ1v) is 7.40. The summed E-state index contributed by atoms with van der Waals surface area (Å²) in [5, 5.41) is 0. The van der Waals surface area contributed by atoms with Crippen LogP contribution in [-0.4, -0.2) is 17.4 Å². The molecule has 1 amide bonds. The number of benzene rings is 2. The minimum absolute atomic E-state index is 0. The standard InChI is InChI=1S/C18H20N2O.ClH/c19-16(14-7-3-1-4-8-14)13-20-17(11-12-18(20)21)15-9-5-2-6-10-15;/h1-10,16-17H,11-13,19H2;1H. The molecule has 0 radical (unpaired) electrons. The fraction of sp³-hybridized carbons (Fsp3) is 0.278. The SMILES string of the molecule is Cl.NC(CN1C(=O)CCC1c1ccccc1)c1ccccc1. The van der Waals surface area contributed by atoms with Gasteiger partial charge in [-0.1, -0.05) is 60.7 Å². The summed E-state index contributed by atoms with van der Waals surface area (Å²) in [6, 6.07) is 20.2. The van der Waals surface area contributed by atoms with Gasteiger partial charge in [0, 0.05) is 19.0 Å². The van der Waals surface area contributed by atoms with Crippen molar-refractivity contribution < 1.29 is 4.79 Å². The van der Waals surface area contributed by atoms with Gasteiger partial charge in [-0.3, -0.25) is 4.79 Å². The van der Waals surface area contributed by atoms with E-state index in [-0.39, 0.29) is 30.4 Å². The van der Waals surface area contributed by atoms with Gasteiger partial charge in [0.15, 0.2) is 0 Å². The monoisotopic (exact) mass is 316 g/mol. The molecule has 3 nitrogen and oxygen atoms in total. The van der Waals surface area contributed by atoms with E-state index >= 15 is 0 Å². The fourth-order valence-corrected chi connectivity index (χ4v) is 3.00. The Bertz CT molecular complexity index is 603. The van der Waals surface area contributed by atoms with Crippen LogP contribution in [0.1, 0.15) is 36.1 Å². The van der Waals surface area contributed by atoms with Gasteiger partial charge >= 0.3 is 0 Å². The molecule has 0 aromatic heterocycles. The van der Waals surface area contributed by atoms with E-state index in [1.54, 1.807) is 0 Å². The van der Waals surface area contributed by atoms with Gasteiger partial charge in [-0.05, 0) is 17.5 Å². The van der Waals surface area contributed by atoms with Crippen LogP contribution in [0.5, 0.6) is 0 Å². The molecule has 1 aliphatic heterocycles. The molecule has 3 rings (SSSR count). The Balaban J connectivity index is 0.00000176. The van der Waals surface area contributed by atoms with Crippen molar-refractivity contribution in [3.63, 3.8) is 0 Å². The van der Waals surface area contributed by atoms with Crippen molar-refractivity contribution in [2.45, 2.75) is 24.9 Å². The van der Waals surface area contributed by atoms with Gasteiger partial charge < -0.3 is 10.6 Å². The van der Waals surface area contributed by atoms with E-state index in [0.717, 1.165) is 12.0 Å². The van der Waals surface area contributed by atoms with E-state index in [0.29, 0.717) is 13.0 Å². The van der Waals surface area contributed by atoms with Crippen molar-refractivity contribution in [3.05, 3.63) is 71.8 Å². The molecular weight excluding hydrogens is 296 g/mol. The Hall–Kier alpha value is -1.84. The van der Waals surface area contributed by atoms with Crippen LogP contribution in [0.2, 0.25) is 0 Å². The molecule has 0 bridgehead atoms. The largest absolute Gasteiger partial charge is 0.334 e. The maximum atomic E-state index is 12.2. The van der Waals surface area contributed by atoms with Crippen molar-refractivity contribution in [1.29, 1.82) is 0 Å². The molecule has 0 aliphatic carbocycles. The van der Waals surface area contributed by atoms with Crippen LogP contribution < -0.4 is 5.73 Å². The Kier molecular flexibility index (Phi) is 5.58. The maximum absolute atomic E-state index is 12.2. The number of rotatable bonds is 4. The molecule has 2 aromatic carbocycles. The molecule has 2 unspecified atom stereocenters. The number of hydrogen-bond donors (Lipinski definition) is 1. The zero-order valence-electron chi connectivity index (χ0n) is 12.4. The van der Waals surface area contributed by atoms with Crippen LogP contribution in [0, 0.1) is 0 Å². The van der Waals surface area contributed by atoms with Gasteiger partial charge in [-0.2, -0.15) is 0 Å². The summed E-state index contributed by atoms with van der Waals surface area (Å²) >= 11 is 0. The second kappa shape index (κ2) is 7.43. The predicted octanol–water partition coefficient (Wildman–Crippen LogP) is 3.47. The molecule has 22 heavy (non-hydrogen) atoms. The van der Waals surface area contributed by atoms with Crippen molar-refractivity contribution in [3.8, 4) is 0 Å². The van der Waals surface area contributed by atoms with Crippen molar-refractivity contribution in [1.82, 2.24) is 4.90 Å². The number of nitrogens with two attached hydrogens (primary N) is 1. The summed E-state index contributed by atoms with van der Waals surface area (Å²) in [6.07, 6.45) is 1.49. The topological polar surface area (TPSA) is 46.3 Å². The fourth-order valence-electron chi connectivity index (χ4n) is 3.00. The van der Waals surface area contributed by atoms with E-state index in [4.69, 9.17) is 5.73 Å². The van der Waals surface area contributed by atoms with E-state index in [2.05, 4.69) is 12.1 Å². The third-order valence-electron chi connectivity index (χ3n) is 4.13. The minimum Gasteiger partial charge on any atom is -0.334 e. The highest BCUT2D eigenvalue weighted by atomic mass is 35.5. The lowest BCUT2D eigenvalue weighted by atomic mass is 10.0. The second-order valence-electron chi connectivity index (χ2n) is 5.53. The number of carbonyl (C=O) groups is 1. The van der Waals surface area contributed by atoms with Crippen LogP contribution in [0.3, 0.4) is 0 Å². The molecule has 0 saturated carbocycles. The lowest BCUT2D eigenvalue weighted by molar-refractivity contribution is -0.129. The van der Waals surface area contributed by atoms with Crippen molar-refractivity contribution in [2.75, 3.05) is 6.54 Å². The first-order valence-electron chi connectivity index (χ1n) is 7.40. The number of carbonyl (C=O) groups excluding carboxylic acids is 1. The quantitative estimate of drug-likeness (QED) is 0.938. The summed E-state index contributed by atoms with van der Waals surface area (Å²) < 4.78 is 0. The van der Waals surface area contributed by atoms with Crippen LogP contribution in [-0.2, 0) is 4.79 Å². The Morgan fingerprint density at radius 2 is 1.64 bits per heavy atom. The second-order valence-corrected chi connectivity index (χ2v) is 5.53. The number of amides is 1. The average Bonchev–Trinajstić information content (AvgIpc) is 2.90. The van der Waals surface area contributed by atoms with Crippen LogP contribution in [0.25, 0.3) is 0 Å². The first-order chi connectivity index (χ1) is 10.3. The number of nitrogens with zero attached hydrogens (tertiary/aromatic N) is 1. The van der Waals surface area contributed by atoms with Gasteiger partial charge in [0.25, 0.3) is 0 Å². The van der Waals surface area contributed by atoms with Crippen LogP contribution in [0.15, 0.2) is 60.7 Å². The lowest BCUT2D eigenvalue weighted by Gasteiger charge is -2.28. The van der Waals surface area contributed by atoms with Crippen LogP contribution >= 0.6 is 12.4 Å². The lowest BCUT2D eigenvalue weighted by Crippen LogP contribution is -2.34. The summed E-state index contributed by atoms with van der Waals surface area (Å²) in [5.74, 6) is 0.204. The third-order valence-corrected chi connectivity index (χ3v) is 4.13. The average molecular weight is 317 g/mol. The van der Waals surface area contributed by atoms with E-state index in [1.165, 1.54) is 5.56 Å². The van der Waals surface area contributed by atoms with Gasteiger partial charge in [0.05, 0.1) is 6.04 Å². The van der Waals surface area contributed by atoms with E-state index in [9.17, 15) is 4.79 Å². The van der Waals surface area contributed by atoms with Gasteiger partial charge in [0.1, 0.15) is 0 Å². The number of halogens is 1. The molecule has 2 atom stereocenters. The molecule has 1 saturated heterocycles. The first kappa shape index (κ1) is 16.5. The smallest absolute Gasteiger partial charge is 0.223 e. The normalized spacial score (nSPS) is 18.9. The Morgan fingerprint density at radius 3 is 2.27 bits per heavy atom. The highest BCUT2D eigenvalue weighted by molar-refractivity contribution is 5.85. The Morgan fingerprint density at radius 1 is 1.05 bits per heavy atom. The molecule has 1 heterocycles. The molecular formula is C18H21ClN2O. The zero-order chi connectivity index (χ0) is 14.7. The van der Waals surface area contributed by atoms with Crippen LogP contribution in [0.4, 0.5) is 0 Å². The minimum atomic E-state index is -0.139. The Labute approximate surface area is 137 Å². The van der Waals surface area contributed by atoms with Gasteiger partial charge in [-0.15, -0.1) is 12.4 Å². The predicted molar refractivity (Wildman–Crippen MR) is 90.7 cm³/mol. The van der Waals surface area contributed by atoms with Gasteiger partial charge in [-0.25, -0.2) is 0 Å². The zero-order valence-corrected chi connectivity index (χ0v) is 13.2. The summed E-state index contributed by atoms with van der Waals surface area (Å²) in [5.41, 5.74) is 8.55. The summed E-state index contributed by atoms with van der Waals surface area (Å²) in [4.78, 5) is 14.1.